The molecule has 0 saturated carbocycles. The highest BCUT2D eigenvalue weighted by atomic mass is 16.5. The first kappa shape index (κ1) is 17.8. The van der Waals surface area contributed by atoms with Gasteiger partial charge in [0.15, 0.2) is 11.5 Å². The first-order valence-electron chi connectivity index (χ1n) is 8.46. The van der Waals surface area contributed by atoms with E-state index in [4.69, 9.17) is 9.47 Å². The number of piperidine rings is 1. The molecule has 6 heteroatoms. The molecule has 3 rings (SSSR count). The van der Waals surface area contributed by atoms with Crippen molar-refractivity contribution in [3.8, 4) is 11.5 Å². The molecule has 0 atom stereocenters. The van der Waals surface area contributed by atoms with Crippen molar-refractivity contribution in [3.05, 3.63) is 59.4 Å². The van der Waals surface area contributed by atoms with Crippen molar-refractivity contribution in [2.75, 3.05) is 27.3 Å². The van der Waals surface area contributed by atoms with Crippen molar-refractivity contribution in [3.63, 3.8) is 0 Å². The van der Waals surface area contributed by atoms with Crippen molar-refractivity contribution < 1.29 is 19.4 Å². The van der Waals surface area contributed by atoms with Gasteiger partial charge in [-0.25, -0.2) is 4.79 Å². The number of methoxy groups -OCH3 is 2. The third-order valence-electron chi connectivity index (χ3n) is 4.61. The number of ether oxygens (including phenoxy) is 2. The van der Waals surface area contributed by atoms with Gasteiger partial charge in [-0.3, -0.25) is 4.98 Å². The SMILES string of the molecule is COc1ccc(C(=C2CCN(C(=O)O)CC2)c2cccnc2)cc1OC. The molecule has 1 fully saturated rings. The van der Waals surface area contributed by atoms with Gasteiger partial charge in [-0.1, -0.05) is 17.7 Å². The van der Waals surface area contributed by atoms with Crippen LogP contribution in [0.2, 0.25) is 0 Å². The van der Waals surface area contributed by atoms with E-state index in [0.717, 1.165) is 16.7 Å². The van der Waals surface area contributed by atoms with Gasteiger partial charge in [0.25, 0.3) is 0 Å². The van der Waals surface area contributed by atoms with Crippen LogP contribution in [0.5, 0.6) is 11.5 Å². The predicted molar refractivity (Wildman–Crippen MR) is 98.6 cm³/mol. The van der Waals surface area contributed by atoms with Crippen LogP contribution in [0.1, 0.15) is 24.0 Å². The molecule has 1 amide bonds. The topological polar surface area (TPSA) is 71.9 Å². The molecule has 1 N–H and O–H groups in total. The first-order valence-corrected chi connectivity index (χ1v) is 8.46. The van der Waals surface area contributed by atoms with E-state index in [9.17, 15) is 9.90 Å². The number of aromatic nitrogens is 1. The Kier molecular flexibility index (Phi) is 5.41. The van der Waals surface area contributed by atoms with Gasteiger partial charge in [0, 0.05) is 31.0 Å². The van der Waals surface area contributed by atoms with Crippen LogP contribution in [0.15, 0.2) is 48.3 Å². The quantitative estimate of drug-likeness (QED) is 0.907. The monoisotopic (exact) mass is 354 g/mol. The lowest BCUT2D eigenvalue weighted by Gasteiger charge is -2.28. The normalized spacial score (nSPS) is 14.1. The van der Waals surface area contributed by atoms with Crippen molar-refractivity contribution >= 4 is 11.7 Å². The molecule has 1 aromatic heterocycles. The van der Waals surface area contributed by atoms with Crippen LogP contribution in [0.4, 0.5) is 4.79 Å². The van der Waals surface area contributed by atoms with Crippen molar-refractivity contribution in [2.24, 2.45) is 0 Å². The Hall–Kier alpha value is -3.02. The lowest BCUT2D eigenvalue weighted by Crippen LogP contribution is -2.35. The zero-order valence-corrected chi connectivity index (χ0v) is 14.9. The summed E-state index contributed by atoms with van der Waals surface area (Å²) in [7, 11) is 3.23. The van der Waals surface area contributed by atoms with Gasteiger partial charge in [0.05, 0.1) is 14.2 Å². The number of rotatable bonds is 4. The summed E-state index contributed by atoms with van der Waals surface area (Å²) in [4.78, 5) is 16.9. The number of carbonyl (C=O) groups is 1. The summed E-state index contributed by atoms with van der Waals surface area (Å²) >= 11 is 0. The van der Waals surface area contributed by atoms with Gasteiger partial charge >= 0.3 is 6.09 Å². The second kappa shape index (κ2) is 7.91. The number of likely N-dealkylation sites (tertiary alicyclic amines) is 1. The van der Waals surface area contributed by atoms with Crippen LogP contribution in [-0.2, 0) is 0 Å². The predicted octanol–water partition coefficient (Wildman–Crippen LogP) is 3.67. The molecule has 0 bridgehead atoms. The first-order chi connectivity index (χ1) is 12.6. The summed E-state index contributed by atoms with van der Waals surface area (Å²) in [5.41, 5.74) is 4.33. The molecule has 2 aromatic rings. The Morgan fingerprint density at radius 1 is 1.08 bits per heavy atom. The third kappa shape index (κ3) is 3.64. The van der Waals surface area contributed by atoms with E-state index in [-0.39, 0.29) is 0 Å². The number of benzene rings is 1. The molecule has 0 spiro atoms. The summed E-state index contributed by atoms with van der Waals surface area (Å²) in [6.07, 6.45) is 4.12. The maximum absolute atomic E-state index is 11.2. The highest BCUT2D eigenvalue weighted by Gasteiger charge is 2.22. The van der Waals surface area contributed by atoms with Crippen molar-refractivity contribution in [2.45, 2.75) is 12.8 Å². The van der Waals surface area contributed by atoms with Gasteiger partial charge < -0.3 is 19.5 Å². The van der Waals surface area contributed by atoms with E-state index in [1.165, 1.54) is 10.5 Å². The van der Waals surface area contributed by atoms with Crippen molar-refractivity contribution in [1.82, 2.24) is 9.88 Å². The summed E-state index contributed by atoms with van der Waals surface area (Å²) in [6.45, 7) is 1.00. The van der Waals surface area contributed by atoms with Crippen LogP contribution in [-0.4, -0.2) is 48.4 Å². The summed E-state index contributed by atoms with van der Waals surface area (Å²) < 4.78 is 10.8. The molecule has 1 saturated heterocycles. The van der Waals surface area contributed by atoms with E-state index < -0.39 is 6.09 Å². The molecule has 6 nitrogen and oxygen atoms in total. The Bertz CT molecular complexity index is 808. The van der Waals surface area contributed by atoms with Gasteiger partial charge in [-0.05, 0) is 42.2 Å². The average molecular weight is 354 g/mol. The highest BCUT2D eigenvalue weighted by Crippen LogP contribution is 2.36. The Morgan fingerprint density at radius 2 is 1.81 bits per heavy atom. The van der Waals surface area contributed by atoms with Gasteiger partial charge in [0.1, 0.15) is 0 Å². The molecular formula is C20H22N2O4. The molecule has 0 aliphatic carbocycles. The van der Waals surface area contributed by atoms with E-state index in [2.05, 4.69) is 4.98 Å². The van der Waals surface area contributed by atoms with Gasteiger partial charge in [0.2, 0.25) is 0 Å². The Morgan fingerprint density at radius 3 is 2.38 bits per heavy atom. The second-order valence-corrected chi connectivity index (χ2v) is 6.06. The van der Waals surface area contributed by atoms with Crippen molar-refractivity contribution in [1.29, 1.82) is 0 Å². The highest BCUT2D eigenvalue weighted by molar-refractivity contribution is 5.83. The number of amides is 1. The molecule has 26 heavy (non-hydrogen) atoms. The third-order valence-corrected chi connectivity index (χ3v) is 4.61. The number of pyridine rings is 1. The summed E-state index contributed by atoms with van der Waals surface area (Å²) in [5.74, 6) is 1.34. The lowest BCUT2D eigenvalue weighted by molar-refractivity contribution is 0.142. The minimum absolute atomic E-state index is 0.502. The fourth-order valence-electron chi connectivity index (χ4n) is 3.30. The second-order valence-electron chi connectivity index (χ2n) is 6.06. The molecule has 0 unspecified atom stereocenters. The van der Waals surface area contributed by atoms with Gasteiger partial charge in [-0.2, -0.15) is 0 Å². The minimum atomic E-state index is -0.863. The average Bonchev–Trinajstić information content (AvgIpc) is 2.69. The fourth-order valence-corrected chi connectivity index (χ4v) is 3.30. The maximum atomic E-state index is 11.2. The van der Waals surface area contributed by atoms with E-state index >= 15 is 0 Å². The van der Waals surface area contributed by atoms with Crippen LogP contribution < -0.4 is 9.47 Å². The Balaban J connectivity index is 2.06. The summed E-state index contributed by atoms with van der Waals surface area (Å²) in [6, 6.07) is 9.77. The molecule has 136 valence electrons. The largest absolute Gasteiger partial charge is 0.493 e. The fraction of sp³-hybridized carbons (Fsp3) is 0.300. The number of hydrogen-bond acceptors (Lipinski definition) is 4. The smallest absolute Gasteiger partial charge is 0.407 e. The Labute approximate surface area is 152 Å². The number of hydrogen-bond donors (Lipinski definition) is 1. The van der Waals surface area contributed by atoms with Crippen LogP contribution in [0.3, 0.4) is 0 Å². The standard InChI is InChI=1S/C20H22N2O4/c1-25-17-6-5-15(12-18(17)26-2)19(16-4-3-9-21-13-16)14-7-10-22(11-8-14)20(23)24/h3-6,9,12-13H,7-8,10-11H2,1-2H3,(H,23,24). The number of nitrogens with zero attached hydrogens (tertiary/aromatic N) is 2. The molecule has 0 radical (unpaired) electrons. The van der Waals surface area contributed by atoms with E-state index in [0.29, 0.717) is 37.4 Å². The minimum Gasteiger partial charge on any atom is -0.493 e. The van der Waals surface area contributed by atoms with Crippen LogP contribution >= 0.6 is 0 Å². The molecule has 2 heterocycles. The summed E-state index contributed by atoms with van der Waals surface area (Å²) in [5, 5.41) is 9.19. The van der Waals surface area contributed by atoms with Crippen LogP contribution in [0, 0.1) is 0 Å². The molecular weight excluding hydrogens is 332 g/mol. The van der Waals surface area contributed by atoms with Crippen LogP contribution in [0.25, 0.3) is 5.57 Å². The molecule has 1 aliphatic rings. The van der Waals surface area contributed by atoms with Gasteiger partial charge in [-0.15, -0.1) is 0 Å². The molecule has 1 aromatic carbocycles. The van der Waals surface area contributed by atoms with E-state index in [1.807, 2.05) is 36.5 Å². The van der Waals surface area contributed by atoms with E-state index in [1.54, 1.807) is 20.4 Å². The zero-order chi connectivity index (χ0) is 18.5. The number of carboxylic acid groups (broad SMARTS) is 1. The lowest BCUT2D eigenvalue weighted by atomic mass is 9.89. The molecule has 1 aliphatic heterocycles. The maximum Gasteiger partial charge on any atom is 0.407 e. The zero-order valence-electron chi connectivity index (χ0n) is 14.9.